The fourth-order valence-corrected chi connectivity index (χ4v) is 1.86. The lowest BCUT2D eigenvalue weighted by Crippen LogP contribution is -3.33. The van der Waals surface area contributed by atoms with Crippen molar-refractivity contribution in [1.29, 1.82) is 0 Å². The fraction of sp³-hybridized carbons (Fsp3) is 0.333. The SMILES string of the molecule is Cc1cccc(C[IH+])c1C. The summed E-state index contributed by atoms with van der Waals surface area (Å²) in [7, 11) is 0. The van der Waals surface area contributed by atoms with Gasteiger partial charge in [-0.2, -0.15) is 0 Å². The number of benzene rings is 1. The number of halogens is 1. The first-order valence-electron chi connectivity index (χ1n) is 3.39. The minimum absolute atomic E-state index is 1.16. The van der Waals surface area contributed by atoms with Crippen molar-refractivity contribution in [3.8, 4) is 0 Å². The van der Waals surface area contributed by atoms with Crippen LogP contribution in [0.2, 0.25) is 0 Å². The lowest BCUT2D eigenvalue weighted by atomic mass is 10.1. The van der Waals surface area contributed by atoms with E-state index in [1.165, 1.54) is 16.7 Å². The van der Waals surface area contributed by atoms with Crippen LogP contribution in [0.25, 0.3) is 0 Å². The minimum atomic E-state index is 1.16. The van der Waals surface area contributed by atoms with Crippen LogP contribution >= 0.6 is 0 Å². The summed E-state index contributed by atoms with van der Waals surface area (Å²) >= 11 is 2.13. The van der Waals surface area contributed by atoms with Gasteiger partial charge in [0.15, 0.2) is 4.43 Å². The highest BCUT2D eigenvalue weighted by Gasteiger charge is 2.00. The molecule has 0 saturated carbocycles. The molecule has 10 heavy (non-hydrogen) atoms. The first-order valence-corrected chi connectivity index (χ1v) is 5.03. The van der Waals surface area contributed by atoms with Crippen LogP contribution in [0.3, 0.4) is 0 Å². The van der Waals surface area contributed by atoms with E-state index in [0.717, 1.165) is 4.43 Å². The number of rotatable bonds is 1. The molecule has 0 heterocycles. The van der Waals surface area contributed by atoms with E-state index in [1.807, 2.05) is 0 Å². The van der Waals surface area contributed by atoms with Crippen molar-refractivity contribution in [2.45, 2.75) is 18.3 Å². The molecule has 0 spiro atoms. The van der Waals surface area contributed by atoms with E-state index >= 15 is 0 Å². The van der Waals surface area contributed by atoms with Crippen LogP contribution in [0.4, 0.5) is 0 Å². The fourth-order valence-electron chi connectivity index (χ4n) is 0.968. The largest absolute Gasteiger partial charge is 0.257 e. The standard InChI is InChI=1S/C9H12I/c1-7-4-3-5-9(6-10)8(7)2/h3-5,10H,6H2,1-2H3/q+1. The van der Waals surface area contributed by atoms with Gasteiger partial charge < -0.3 is 0 Å². The van der Waals surface area contributed by atoms with Gasteiger partial charge in [0.1, 0.15) is 0 Å². The third-order valence-corrected chi connectivity index (χ3v) is 2.76. The van der Waals surface area contributed by atoms with Crippen molar-refractivity contribution in [3.63, 3.8) is 0 Å². The van der Waals surface area contributed by atoms with Gasteiger partial charge >= 0.3 is 0 Å². The molecule has 1 aromatic carbocycles. The van der Waals surface area contributed by atoms with Crippen LogP contribution in [0, 0.1) is 13.8 Å². The maximum absolute atomic E-state index is 2.20. The Hall–Kier alpha value is -0.0500. The zero-order chi connectivity index (χ0) is 7.56. The maximum atomic E-state index is 2.20. The van der Waals surface area contributed by atoms with E-state index in [0.29, 0.717) is 0 Å². The van der Waals surface area contributed by atoms with Crippen LogP contribution in [-0.2, 0) is 4.43 Å². The Morgan fingerprint density at radius 1 is 1.30 bits per heavy atom. The van der Waals surface area contributed by atoms with Crippen LogP contribution < -0.4 is 22.6 Å². The predicted molar refractivity (Wildman–Crippen MR) is 41.0 cm³/mol. The zero-order valence-corrected chi connectivity index (χ0v) is 8.68. The van der Waals surface area contributed by atoms with E-state index in [-0.39, 0.29) is 0 Å². The molecule has 1 heteroatoms. The molecule has 1 rings (SSSR count). The number of alkyl halides is 1. The third-order valence-electron chi connectivity index (χ3n) is 1.87. The first kappa shape index (κ1) is 8.05. The van der Waals surface area contributed by atoms with Crippen molar-refractivity contribution in [2.75, 3.05) is 0 Å². The average Bonchev–Trinajstić information content (AvgIpc) is 1.95. The molecule has 0 saturated heterocycles. The second-order valence-corrected chi connectivity index (χ2v) is 3.33. The van der Waals surface area contributed by atoms with Gasteiger partial charge in [-0.05, 0) is 25.0 Å². The molecule has 0 aliphatic carbocycles. The average molecular weight is 247 g/mol. The van der Waals surface area contributed by atoms with E-state index in [2.05, 4.69) is 54.6 Å². The Kier molecular flexibility index (Phi) is 2.72. The lowest BCUT2D eigenvalue weighted by Gasteiger charge is -2.01. The molecule has 0 aromatic heterocycles. The molecular weight excluding hydrogens is 235 g/mol. The van der Waals surface area contributed by atoms with Gasteiger partial charge in [-0.3, -0.25) is 0 Å². The van der Waals surface area contributed by atoms with Gasteiger partial charge in [0.05, 0.1) is 0 Å². The van der Waals surface area contributed by atoms with Crippen molar-refractivity contribution in [3.05, 3.63) is 34.9 Å². The van der Waals surface area contributed by atoms with Gasteiger partial charge in [-0.25, -0.2) is 0 Å². The smallest absolute Gasteiger partial charge is 0.0616 e. The summed E-state index contributed by atoms with van der Waals surface area (Å²) in [6.07, 6.45) is 0. The highest BCUT2D eigenvalue weighted by Crippen LogP contribution is 2.10. The Morgan fingerprint density at radius 2 is 2.00 bits per heavy atom. The molecule has 0 bridgehead atoms. The zero-order valence-electron chi connectivity index (χ0n) is 6.35. The Bertz CT molecular complexity index is 228. The molecule has 0 N–H and O–H groups in total. The van der Waals surface area contributed by atoms with Crippen LogP contribution in [0.1, 0.15) is 16.7 Å². The molecule has 54 valence electrons. The number of hydrogen-bond acceptors (Lipinski definition) is 0. The van der Waals surface area contributed by atoms with Crippen LogP contribution in [-0.4, -0.2) is 0 Å². The van der Waals surface area contributed by atoms with Gasteiger partial charge in [-0.1, -0.05) is 18.2 Å². The van der Waals surface area contributed by atoms with Gasteiger partial charge in [0.25, 0.3) is 22.6 Å². The summed E-state index contributed by atoms with van der Waals surface area (Å²) in [5, 5.41) is 0. The Labute approximate surface area is 75.8 Å². The molecule has 0 fully saturated rings. The molecule has 0 radical (unpaired) electrons. The third kappa shape index (κ3) is 1.51. The van der Waals surface area contributed by atoms with Crippen molar-refractivity contribution < 1.29 is 22.6 Å². The maximum Gasteiger partial charge on any atom is 0.257 e. The Balaban J connectivity index is 3.14. The number of aryl methyl sites for hydroxylation is 1. The molecule has 1 aromatic rings. The van der Waals surface area contributed by atoms with Gasteiger partial charge in [0.2, 0.25) is 0 Å². The molecule has 0 aliphatic heterocycles. The quantitative estimate of drug-likeness (QED) is 0.445. The topological polar surface area (TPSA) is 0 Å². The summed E-state index contributed by atoms with van der Waals surface area (Å²) in [4.78, 5) is 0. The molecular formula is C9H12I+. The normalized spacial score (nSPS) is 9.90. The second kappa shape index (κ2) is 3.37. The summed E-state index contributed by atoms with van der Waals surface area (Å²) < 4.78 is 1.16. The van der Waals surface area contributed by atoms with Gasteiger partial charge in [0, 0.05) is 5.56 Å². The molecule has 0 atom stereocenters. The van der Waals surface area contributed by atoms with Gasteiger partial charge in [-0.15, -0.1) is 0 Å². The summed E-state index contributed by atoms with van der Waals surface area (Å²) in [5.41, 5.74) is 4.33. The summed E-state index contributed by atoms with van der Waals surface area (Å²) in [6.45, 7) is 4.35. The van der Waals surface area contributed by atoms with E-state index in [1.54, 1.807) is 0 Å². The molecule has 0 amide bonds. The van der Waals surface area contributed by atoms with Crippen LogP contribution in [0.15, 0.2) is 18.2 Å². The van der Waals surface area contributed by atoms with E-state index in [9.17, 15) is 0 Å². The first-order chi connectivity index (χ1) is 4.75. The van der Waals surface area contributed by atoms with Crippen molar-refractivity contribution in [1.82, 2.24) is 0 Å². The summed E-state index contributed by atoms with van der Waals surface area (Å²) in [6, 6.07) is 6.49. The molecule has 0 nitrogen and oxygen atoms in total. The lowest BCUT2D eigenvalue weighted by molar-refractivity contribution is -0.386. The molecule has 0 unspecified atom stereocenters. The van der Waals surface area contributed by atoms with Crippen molar-refractivity contribution in [2.24, 2.45) is 0 Å². The number of hydrogen-bond donors (Lipinski definition) is 0. The highest BCUT2D eigenvalue weighted by atomic mass is 127. The summed E-state index contributed by atoms with van der Waals surface area (Å²) in [5.74, 6) is 0. The molecule has 0 aliphatic rings. The predicted octanol–water partition coefficient (Wildman–Crippen LogP) is -0.911. The second-order valence-electron chi connectivity index (χ2n) is 2.50. The monoisotopic (exact) mass is 247 g/mol. The van der Waals surface area contributed by atoms with E-state index in [4.69, 9.17) is 0 Å². The van der Waals surface area contributed by atoms with Crippen LogP contribution in [0.5, 0.6) is 0 Å². The highest BCUT2D eigenvalue weighted by molar-refractivity contribution is 5.32. The minimum Gasteiger partial charge on any atom is -0.0616 e. The Morgan fingerprint density at radius 3 is 2.50 bits per heavy atom. The van der Waals surface area contributed by atoms with Crippen molar-refractivity contribution >= 4 is 0 Å². The van der Waals surface area contributed by atoms with E-state index < -0.39 is 0 Å².